The summed E-state index contributed by atoms with van der Waals surface area (Å²) >= 11 is 3.29. The first kappa shape index (κ1) is 23.0. The third kappa shape index (κ3) is 6.18. The molecule has 0 radical (unpaired) electrons. The average Bonchev–Trinajstić information content (AvgIpc) is 3.19. The second-order valence-corrected chi connectivity index (χ2v) is 10.6. The van der Waals surface area contributed by atoms with Gasteiger partial charge in [-0.25, -0.2) is 8.42 Å². The van der Waals surface area contributed by atoms with Crippen molar-refractivity contribution in [1.82, 2.24) is 10.2 Å². The van der Waals surface area contributed by atoms with E-state index in [1.165, 1.54) is 31.7 Å². The van der Waals surface area contributed by atoms with E-state index in [0.717, 1.165) is 24.0 Å². The molecule has 1 amide bonds. The molecule has 1 N–H and O–H groups in total. The maximum Gasteiger partial charge on any atom is 0.286 e. The van der Waals surface area contributed by atoms with E-state index >= 15 is 0 Å². The highest BCUT2D eigenvalue weighted by atomic mass is 79.9. The Morgan fingerprint density at radius 3 is 2.70 bits per heavy atom. The fraction of sp³-hybridized carbons (Fsp3) is 0.500. The van der Waals surface area contributed by atoms with E-state index in [4.69, 9.17) is 4.42 Å². The molecule has 0 unspecified atom stereocenters. The molecule has 2 heterocycles. The number of carbonyl (C=O) groups is 1. The Morgan fingerprint density at radius 2 is 1.97 bits per heavy atom. The molecule has 6 nitrogen and oxygen atoms in total. The van der Waals surface area contributed by atoms with Gasteiger partial charge in [-0.3, -0.25) is 4.79 Å². The number of halogens is 1. The fourth-order valence-electron chi connectivity index (χ4n) is 3.88. The van der Waals surface area contributed by atoms with Crippen LogP contribution in [0.2, 0.25) is 0 Å². The molecule has 1 fully saturated rings. The van der Waals surface area contributed by atoms with Gasteiger partial charge in [0.15, 0.2) is 15.6 Å². The number of sulfone groups is 1. The van der Waals surface area contributed by atoms with E-state index in [2.05, 4.69) is 33.1 Å². The lowest BCUT2D eigenvalue weighted by atomic mass is 10.00. The van der Waals surface area contributed by atoms with Crippen LogP contribution in [0.3, 0.4) is 0 Å². The summed E-state index contributed by atoms with van der Waals surface area (Å²) in [5.41, 5.74) is 0. The molecule has 164 valence electrons. The predicted octanol–water partition coefficient (Wildman–Crippen LogP) is 4.40. The second-order valence-electron chi connectivity index (χ2n) is 7.68. The summed E-state index contributed by atoms with van der Waals surface area (Å²) in [6.07, 6.45) is 5.88. The van der Waals surface area contributed by atoms with Crippen LogP contribution in [0.5, 0.6) is 0 Å². The molecule has 0 bridgehead atoms. The summed E-state index contributed by atoms with van der Waals surface area (Å²) in [6, 6.07) is 10.2. The highest BCUT2D eigenvalue weighted by molar-refractivity contribution is 9.10. The smallest absolute Gasteiger partial charge is 0.286 e. The maximum absolute atomic E-state index is 12.5. The van der Waals surface area contributed by atoms with Crippen LogP contribution in [0.15, 0.2) is 50.2 Å². The minimum atomic E-state index is -3.54. The van der Waals surface area contributed by atoms with Crippen molar-refractivity contribution in [1.29, 1.82) is 0 Å². The van der Waals surface area contributed by atoms with Gasteiger partial charge in [0.05, 0.1) is 4.90 Å². The Hall–Kier alpha value is -1.64. The first-order valence-corrected chi connectivity index (χ1v) is 12.9. The van der Waals surface area contributed by atoms with Crippen molar-refractivity contribution in [3.05, 3.63) is 52.4 Å². The summed E-state index contributed by atoms with van der Waals surface area (Å²) in [5.74, 6) is -0.203. The van der Waals surface area contributed by atoms with Crippen molar-refractivity contribution in [2.45, 2.75) is 55.7 Å². The third-order valence-electron chi connectivity index (χ3n) is 5.52. The Labute approximate surface area is 187 Å². The van der Waals surface area contributed by atoms with Crippen LogP contribution in [0.4, 0.5) is 0 Å². The van der Waals surface area contributed by atoms with Gasteiger partial charge >= 0.3 is 0 Å². The largest absolute Gasteiger partial charge is 0.455 e. The lowest BCUT2D eigenvalue weighted by Gasteiger charge is -2.35. The number of rotatable bonds is 9. The van der Waals surface area contributed by atoms with Crippen LogP contribution in [-0.2, 0) is 15.6 Å². The highest BCUT2D eigenvalue weighted by Crippen LogP contribution is 2.21. The fourth-order valence-corrected chi connectivity index (χ4v) is 5.39. The van der Waals surface area contributed by atoms with Gasteiger partial charge in [-0.15, -0.1) is 0 Å². The van der Waals surface area contributed by atoms with Crippen LogP contribution in [-0.4, -0.2) is 44.9 Å². The van der Waals surface area contributed by atoms with Crippen LogP contribution < -0.4 is 5.32 Å². The standard InChI is InChI=1S/C22H29BrN2O4S/c1-2-18-6-3-4-14-25(18)15-5-13-24-22(26)21-12-9-19(29-21)16-30(27,28)20-10-7-17(23)8-11-20/h7-12,18H,2-6,13-16H2,1H3,(H,24,26)/t18-/m1/s1. The molecule has 8 heteroatoms. The number of nitrogens with one attached hydrogen (secondary N) is 1. The average molecular weight is 497 g/mol. The Bertz CT molecular complexity index is 940. The van der Waals surface area contributed by atoms with Crippen LogP contribution >= 0.6 is 15.9 Å². The second kappa shape index (κ2) is 10.6. The molecule has 1 aliphatic heterocycles. The van der Waals surface area contributed by atoms with E-state index in [-0.39, 0.29) is 28.1 Å². The van der Waals surface area contributed by atoms with Gasteiger partial charge in [0.25, 0.3) is 5.91 Å². The number of carbonyl (C=O) groups excluding carboxylic acids is 1. The molecule has 2 aromatic rings. The minimum Gasteiger partial charge on any atom is -0.455 e. The SMILES string of the molecule is CC[C@@H]1CCCCN1CCCNC(=O)c1ccc(CS(=O)(=O)c2ccc(Br)cc2)o1. The minimum absolute atomic E-state index is 0.139. The zero-order chi connectivity index (χ0) is 21.6. The zero-order valence-electron chi connectivity index (χ0n) is 17.3. The van der Waals surface area contributed by atoms with Gasteiger partial charge in [-0.1, -0.05) is 29.3 Å². The Balaban J connectivity index is 1.48. The summed E-state index contributed by atoms with van der Waals surface area (Å²) in [6.45, 7) is 4.92. The molecule has 0 spiro atoms. The number of piperidine rings is 1. The molecule has 1 aromatic heterocycles. The Morgan fingerprint density at radius 1 is 1.20 bits per heavy atom. The lowest BCUT2D eigenvalue weighted by Crippen LogP contribution is -2.40. The molecule has 1 saturated heterocycles. The predicted molar refractivity (Wildman–Crippen MR) is 120 cm³/mol. The number of nitrogens with zero attached hydrogens (tertiary/aromatic N) is 1. The first-order valence-electron chi connectivity index (χ1n) is 10.5. The number of benzene rings is 1. The van der Waals surface area contributed by atoms with E-state index in [1.54, 1.807) is 30.3 Å². The van der Waals surface area contributed by atoms with Crippen molar-refractivity contribution >= 4 is 31.7 Å². The van der Waals surface area contributed by atoms with Crippen molar-refractivity contribution in [2.24, 2.45) is 0 Å². The van der Waals surface area contributed by atoms with Gasteiger partial charge < -0.3 is 14.6 Å². The van der Waals surface area contributed by atoms with Crippen LogP contribution in [0, 0.1) is 0 Å². The quantitative estimate of drug-likeness (QED) is 0.520. The van der Waals surface area contributed by atoms with Crippen molar-refractivity contribution in [3.8, 4) is 0 Å². The van der Waals surface area contributed by atoms with Crippen molar-refractivity contribution < 1.29 is 17.6 Å². The molecule has 1 aromatic carbocycles. The number of hydrogen-bond donors (Lipinski definition) is 1. The topological polar surface area (TPSA) is 79.6 Å². The molecule has 1 aliphatic rings. The molecule has 0 saturated carbocycles. The maximum atomic E-state index is 12.5. The summed E-state index contributed by atoms with van der Waals surface area (Å²) in [7, 11) is -3.54. The van der Waals surface area contributed by atoms with Crippen molar-refractivity contribution in [3.63, 3.8) is 0 Å². The summed E-state index contributed by atoms with van der Waals surface area (Å²) in [4.78, 5) is 15.1. The van der Waals surface area contributed by atoms with Crippen LogP contribution in [0.1, 0.15) is 55.3 Å². The summed E-state index contributed by atoms with van der Waals surface area (Å²) in [5, 5.41) is 2.87. The van der Waals surface area contributed by atoms with Gasteiger partial charge in [-0.2, -0.15) is 0 Å². The molecule has 3 rings (SSSR count). The summed E-state index contributed by atoms with van der Waals surface area (Å²) < 4.78 is 31.4. The molecular formula is C22H29BrN2O4S. The van der Waals surface area contributed by atoms with E-state index in [9.17, 15) is 13.2 Å². The normalized spacial score (nSPS) is 17.7. The third-order valence-corrected chi connectivity index (χ3v) is 7.70. The number of hydrogen-bond acceptors (Lipinski definition) is 5. The first-order chi connectivity index (χ1) is 14.4. The van der Waals surface area contributed by atoms with E-state index in [1.807, 2.05) is 0 Å². The Kier molecular flexibility index (Phi) is 8.13. The van der Waals surface area contributed by atoms with Gasteiger partial charge in [0, 0.05) is 23.6 Å². The number of likely N-dealkylation sites (tertiary alicyclic amines) is 1. The molecule has 30 heavy (non-hydrogen) atoms. The molecule has 0 aliphatic carbocycles. The van der Waals surface area contributed by atoms with Gasteiger partial charge in [-0.05, 0) is 68.6 Å². The van der Waals surface area contributed by atoms with Gasteiger partial charge in [0.1, 0.15) is 11.5 Å². The van der Waals surface area contributed by atoms with E-state index < -0.39 is 9.84 Å². The number of amides is 1. The highest BCUT2D eigenvalue weighted by Gasteiger charge is 2.21. The van der Waals surface area contributed by atoms with E-state index in [0.29, 0.717) is 12.6 Å². The monoisotopic (exact) mass is 496 g/mol. The van der Waals surface area contributed by atoms with Crippen LogP contribution in [0.25, 0.3) is 0 Å². The molecule has 1 atom stereocenters. The zero-order valence-corrected chi connectivity index (χ0v) is 19.7. The van der Waals surface area contributed by atoms with Crippen molar-refractivity contribution in [2.75, 3.05) is 19.6 Å². The van der Waals surface area contributed by atoms with Gasteiger partial charge in [0.2, 0.25) is 0 Å². The number of furan rings is 1. The molecular weight excluding hydrogens is 468 g/mol. The lowest BCUT2D eigenvalue weighted by molar-refractivity contribution is 0.0918.